The normalized spacial score (nSPS) is 10.2. The molecule has 0 radical (unpaired) electrons. The quantitative estimate of drug-likeness (QED) is 0.487. The van der Waals surface area contributed by atoms with E-state index in [1.54, 1.807) is 42.5 Å². The summed E-state index contributed by atoms with van der Waals surface area (Å²) >= 11 is 3.33. The van der Waals surface area contributed by atoms with Crippen molar-refractivity contribution in [3.63, 3.8) is 0 Å². The number of carbonyl (C=O) groups is 3. The first-order valence-corrected chi connectivity index (χ1v) is 9.57. The maximum Gasteiger partial charge on any atom is 0.337 e. The van der Waals surface area contributed by atoms with Crippen molar-refractivity contribution in [2.24, 2.45) is 0 Å². The second-order valence-corrected chi connectivity index (χ2v) is 7.10. The highest BCUT2D eigenvalue weighted by molar-refractivity contribution is 9.10. The van der Waals surface area contributed by atoms with Crippen LogP contribution in [0, 0.1) is 0 Å². The fourth-order valence-corrected chi connectivity index (χ4v) is 3.10. The van der Waals surface area contributed by atoms with Crippen molar-refractivity contribution in [2.75, 3.05) is 17.7 Å². The van der Waals surface area contributed by atoms with Gasteiger partial charge in [-0.3, -0.25) is 9.59 Å². The number of rotatable bonds is 6. The largest absolute Gasteiger partial charge is 0.496 e. The van der Waals surface area contributed by atoms with E-state index in [9.17, 15) is 19.5 Å². The standard InChI is InChI=1S/C22H17BrN2O5/c1-30-19-11-8-14(23)12-17(19)21(27)24-15-9-6-13(7-10-15)20(26)25-18-5-3-2-4-16(18)22(28)29/h2-12H,1H3,(H,24,27)(H,25,26)(H,28,29). The number of benzene rings is 3. The van der Waals surface area contributed by atoms with E-state index in [2.05, 4.69) is 26.6 Å². The molecule has 0 aliphatic heterocycles. The Morgan fingerprint density at radius 3 is 2.23 bits per heavy atom. The minimum atomic E-state index is -1.13. The first-order valence-electron chi connectivity index (χ1n) is 8.77. The molecule has 8 heteroatoms. The summed E-state index contributed by atoms with van der Waals surface area (Å²) in [6.07, 6.45) is 0. The number of hydrogen-bond acceptors (Lipinski definition) is 4. The van der Waals surface area contributed by atoms with Crippen LogP contribution >= 0.6 is 15.9 Å². The summed E-state index contributed by atoms with van der Waals surface area (Å²) in [6, 6.07) is 17.5. The summed E-state index contributed by atoms with van der Waals surface area (Å²) < 4.78 is 5.95. The Labute approximate surface area is 180 Å². The minimum Gasteiger partial charge on any atom is -0.496 e. The number of nitrogens with one attached hydrogen (secondary N) is 2. The van der Waals surface area contributed by atoms with Gasteiger partial charge < -0.3 is 20.5 Å². The number of aromatic carboxylic acids is 1. The molecule has 3 rings (SSSR count). The monoisotopic (exact) mass is 468 g/mol. The van der Waals surface area contributed by atoms with E-state index in [1.807, 2.05) is 0 Å². The minimum absolute atomic E-state index is 0.00213. The highest BCUT2D eigenvalue weighted by Gasteiger charge is 2.15. The zero-order chi connectivity index (χ0) is 21.7. The Balaban J connectivity index is 1.72. The van der Waals surface area contributed by atoms with Gasteiger partial charge in [-0.15, -0.1) is 0 Å². The molecule has 30 heavy (non-hydrogen) atoms. The number of carboxylic acid groups (broad SMARTS) is 1. The predicted octanol–water partition coefficient (Wildman–Crippen LogP) is 4.66. The molecule has 0 aromatic heterocycles. The van der Waals surface area contributed by atoms with Crippen molar-refractivity contribution in [2.45, 2.75) is 0 Å². The van der Waals surface area contributed by atoms with Gasteiger partial charge in [-0.25, -0.2) is 4.79 Å². The topological polar surface area (TPSA) is 105 Å². The van der Waals surface area contributed by atoms with Gasteiger partial charge in [-0.2, -0.15) is 0 Å². The number of carbonyl (C=O) groups excluding carboxylic acids is 2. The number of para-hydroxylation sites is 1. The summed E-state index contributed by atoms with van der Waals surface area (Å²) in [5.74, 6) is -1.52. The van der Waals surface area contributed by atoms with Gasteiger partial charge in [-0.05, 0) is 54.6 Å². The first-order chi connectivity index (χ1) is 14.4. The van der Waals surface area contributed by atoms with Gasteiger partial charge in [0.15, 0.2) is 0 Å². The van der Waals surface area contributed by atoms with Crippen LogP contribution in [0.5, 0.6) is 5.75 Å². The number of halogens is 1. The SMILES string of the molecule is COc1ccc(Br)cc1C(=O)Nc1ccc(C(=O)Nc2ccccc2C(=O)O)cc1. The zero-order valence-corrected chi connectivity index (χ0v) is 17.4. The fourth-order valence-electron chi connectivity index (χ4n) is 2.73. The molecule has 0 saturated carbocycles. The highest BCUT2D eigenvalue weighted by Crippen LogP contribution is 2.24. The molecule has 0 aliphatic rings. The number of methoxy groups -OCH3 is 1. The molecule has 3 aromatic rings. The molecule has 2 amide bonds. The number of hydrogen-bond donors (Lipinski definition) is 3. The van der Waals surface area contributed by atoms with Gasteiger partial charge in [0.1, 0.15) is 5.75 Å². The van der Waals surface area contributed by atoms with Crippen LogP contribution in [0.25, 0.3) is 0 Å². The van der Waals surface area contributed by atoms with Crippen molar-refractivity contribution in [1.29, 1.82) is 0 Å². The van der Waals surface area contributed by atoms with E-state index < -0.39 is 11.9 Å². The lowest BCUT2D eigenvalue weighted by atomic mass is 10.1. The third-order valence-corrected chi connectivity index (χ3v) is 4.71. The highest BCUT2D eigenvalue weighted by atomic mass is 79.9. The molecular weight excluding hydrogens is 452 g/mol. The van der Waals surface area contributed by atoms with Gasteiger partial charge in [0, 0.05) is 15.7 Å². The summed E-state index contributed by atoms with van der Waals surface area (Å²) in [6.45, 7) is 0. The van der Waals surface area contributed by atoms with Crippen LogP contribution in [0.2, 0.25) is 0 Å². The molecule has 0 aliphatic carbocycles. The summed E-state index contributed by atoms with van der Waals surface area (Å²) in [4.78, 5) is 36.3. The molecule has 3 N–H and O–H groups in total. The van der Waals surface area contributed by atoms with E-state index in [1.165, 1.54) is 31.4 Å². The number of anilines is 2. The molecule has 3 aromatic carbocycles. The van der Waals surface area contributed by atoms with Gasteiger partial charge in [0.2, 0.25) is 0 Å². The van der Waals surface area contributed by atoms with E-state index in [-0.39, 0.29) is 17.2 Å². The molecule has 0 unspecified atom stereocenters. The third-order valence-electron chi connectivity index (χ3n) is 4.22. The second-order valence-electron chi connectivity index (χ2n) is 6.18. The van der Waals surface area contributed by atoms with Gasteiger partial charge >= 0.3 is 5.97 Å². The van der Waals surface area contributed by atoms with Crippen LogP contribution < -0.4 is 15.4 Å². The summed E-state index contributed by atoms with van der Waals surface area (Å²) in [5.41, 5.74) is 1.36. The lowest BCUT2D eigenvalue weighted by molar-refractivity contribution is 0.0697. The van der Waals surface area contributed by atoms with Crippen LogP contribution in [0.15, 0.2) is 71.2 Å². The molecular formula is C22H17BrN2O5. The molecule has 0 saturated heterocycles. The van der Waals surface area contributed by atoms with Crippen molar-refractivity contribution in [1.82, 2.24) is 0 Å². The maximum atomic E-state index is 12.6. The van der Waals surface area contributed by atoms with Crippen LogP contribution in [0.1, 0.15) is 31.1 Å². The number of amides is 2. The lowest BCUT2D eigenvalue weighted by Gasteiger charge is -2.11. The van der Waals surface area contributed by atoms with Crippen molar-refractivity contribution in [3.05, 3.63) is 87.9 Å². The van der Waals surface area contributed by atoms with Crippen LogP contribution in [-0.2, 0) is 0 Å². The summed E-state index contributed by atoms with van der Waals surface area (Å²) in [7, 11) is 1.48. The first kappa shape index (κ1) is 21.1. The smallest absolute Gasteiger partial charge is 0.337 e. The second kappa shape index (κ2) is 9.23. The average molecular weight is 469 g/mol. The van der Waals surface area contributed by atoms with E-state index >= 15 is 0 Å². The molecule has 0 bridgehead atoms. The average Bonchev–Trinajstić information content (AvgIpc) is 2.74. The Bertz CT molecular complexity index is 1110. The molecule has 7 nitrogen and oxygen atoms in total. The van der Waals surface area contributed by atoms with Gasteiger partial charge in [-0.1, -0.05) is 28.1 Å². The van der Waals surface area contributed by atoms with Gasteiger partial charge in [0.25, 0.3) is 11.8 Å². The van der Waals surface area contributed by atoms with Crippen molar-refractivity contribution < 1.29 is 24.2 Å². The molecule has 0 fully saturated rings. The zero-order valence-electron chi connectivity index (χ0n) is 15.8. The van der Waals surface area contributed by atoms with Crippen molar-refractivity contribution >= 4 is 45.1 Å². The van der Waals surface area contributed by atoms with E-state index in [0.29, 0.717) is 22.6 Å². The third kappa shape index (κ3) is 4.84. The maximum absolute atomic E-state index is 12.6. The van der Waals surface area contributed by atoms with Crippen LogP contribution in [-0.4, -0.2) is 30.0 Å². The van der Waals surface area contributed by atoms with Crippen LogP contribution in [0.4, 0.5) is 11.4 Å². The lowest BCUT2D eigenvalue weighted by Crippen LogP contribution is -2.15. The molecule has 0 spiro atoms. The molecule has 0 atom stereocenters. The van der Waals surface area contributed by atoms with E-state index in [0.717, 1.165) is 4.47 Å². The Hall–Kier alpha value is -3.65. The summed E-state index contributed by atoms with van der Waals surface area (Å²) in [5, 5.41) is 14.6. The van der Waals surface area contributed by atoms with Crippen LogP contribution in [0.3, 0.4) is 0 Å². The number of carboxylic acids is 1. The fraction of sp³-hybridized carbons (Fsp3) is 0.0455. The molecule has 0 heterocycles. The van der Waals surface area contributed by atoms with Gasteiger partial charge in [0.05, 0.1) is 23.9 Å². The van der Waals surface area contributed by atoms with E-state index in [4.69, 9.17) is 4.74 Å². The predicted molar refractivity (Wildman–Crippen MR) is 116 cm³/mol. The Kier molecular flexibility index (Phi) is 6.48. The Morgan fingerprint density at radius 1 is 0.867 bits per heavy atom. The van der Waals surface area contributed by atoms with Crippen molar-refractivity contribution in [3.8, 4) is 5.75 Å². The number of ether oxygens (including phenoxy) is 1. The molecule has 152 valence electrons. The Morgan fingerprint density at radius 2 is 1.57 bits per heavy atom.